The first kappa shape index (κ1) is 13.6. The van der Waals surface area contributed by atoms with Gasteiger partial charge in [-0.25, -0.2) is 9.78 Å². The summed E-state index contributed by atoms with van der Waals surface area (Å²) in [5.74, 6) is -1.59. The van der Waals surface area contributed by atoms with Crippen molar-refractivity contribution in [1.29, 1.82) is 0 Å². The van der Waals surface area contributed by atoms with Crippen LogP contribution in [0, 0.1) is 0 Å². The number of aromatic nitrogens is 1. The molecule has 0 spiro atoms. The van der Waals surface area contributed by atoms with Crippen LogP contribution in [0.25, 0.3) is 0 Å². The van der Waals surface area contributed by atoms with Gasteiger partial charge in [-0.15, -0.1) is 0 Å². The second kappa shape index (κ2) is 5.22. The van der Waals surface area contributed by atoms with Crippen LogP contribution in [0.2, 0.25) is 5.02 Å². The predicted molar refractivity (Wildman–Crippen MR) is 52.4 cm³/mol. The topological polar surface area (TPSA) is 59.4 Å². The number of carbonyl (C=O) groups is 1. The molecule has 0 unspecified atom stereocenters. The van der Waals surface area contributed by atoms with E-state index in [1.54, 1.807) is 0 Å². The van der Waals surface area contributed by atoms with Gasteiger partial charge in [0.2, 0.25) is 5.88 Å². The Bertz CT molecular complexity index is 422. The summed E-state index contributed by atoms with van der Waals surface area (Å²) in [4.78, 5) is 14.1. The lowest BCUT2D eigenvalue weighted by molar-refractivity contribution is -0.139. The van der Waals surface area contributed by atoms with Crippen molar-refractivity contribution in [3.8, 4) is 5.88 Å². The number of halogens is 4. The molecular weight excluding hydrogens is 263 g/mol. The lowest BCUT2D eigenvalue weighted by Gasteiger charge is -2.08. The molecule has 1 heterocycles. The fourth-order valence-corrected chi connectivity index (χ4v) is 1.11. The van der Waals surface area contributed by atoms with E-state index in [9.17, 15) is 18.0 Å². The number of hydrogen-bond acceptors (Lipinski definition) is 3. The smallest absolute Gasteiger partial charge is 0.392 e. The SMILES string of the molecule is O=C(O)c1nc(OCCC(F)(F)F)ccc1Cl. The summed E-state index contributed by atoms with van der Waals surface area (Å²) in [7, 11) is 0. The van der Waals surface area contributed by atoms with E-state index in [0.29, 0.717) is 0 Å². The second-order valence-electron chi connectivity index (χ2n) is 3.00. The van der Waals surface area contributed by atoms with Crippen LogP contribution < -0.4 is 4.74 Å². The Kier molecular flexibility index (Phi) is 4.17. The van der Waals surface area contributed by atoms with Gasteiger partial charge in [0.1, 0.15) is 0 Å². The normalized spacial score (nSPS) is 11.3. The summed E-state index contributed by atoms with van der Waals surface area (Å²) in [5, 5.41) is 8.55. The molecule has 0 atom stereocenters. The van der Waals surface area contributed by atoms with Crippen LogP contribution in [0.3, 0.4) is 0 Å². The van der Waals surface area contributed by atoms with E-state index in [-0.39, 0.29) is 10.9 Å². The Morgan fingerprint density at radius 2 is 2.12 bits per heavy atom. The first-order chi connectivity index (χ1) is 7.79. The highest BCUT2D eigenvalue weighted by Crippen LogP contribution is 2.21. The zero-order valence-corrected chi connectivity index (χ0v) is 9.05. The molecule has 1 aromatic heterocycles. The molecule has 0 fully saturated rings. The fourth-order valence-electron chi connectivity index (χ4n) is 0.926. The molecule has 17 heavy (non-hydrogen) atoms. The molecule has 0 radical (unpaired) electrons. The molecule has 0 aliphatic rings. The van der Waals surface area contributed by atoms with Crippen LogP contribution in [0.5, 0.6) is 5.88 Å². The summed E-state index contributed by atoms with van der Waals surface area (Å²) in [6, 6.07) is 2.39. The monoisotopic (exact) mass is 269 g/mol. The van der Waals surface area contributed by atoms with Gasteiger partial charge in [-0.1, -0.05) is 11.6 Å². The van der Waals surface area contributed by atoms with Crippen LogP contribution in [0.15, 0.2) is 12.1 Å². The minimum absolute atomic E-state index is 0.110. The summed E-state index contributed by atoms with van der Waals surface area (Å²) in [6.45, 7) is -0.628. The van der Waals surface area contributed by atoms with E-state index in [0.717, 1.165) is 0 Å². The van der Waals surface area contributed by atoms with Crippen molar-refractivity contribution < 1.29 is 27.8 Å². The highest BCUT2D eigenvalue weighted by atomic mass is 35.5. The fraction of sp³-hybridized carbons (Fsp3) is 0.333. The van der Waals surface area contributed by atoms with Gasteiger partial charge in [0, 0.05) is 6.07 Å². The number of aromatic carboxylic acids is 1. The average molecular weight is 270 g/mol. The Morgan fingerprint density at radius 3 is 2.65 bits per heavy atom. The number of pyridine rings is 1. The number of nitrogens with zero attached hydrogens (tertiary/aromatic N) is 1. The molecule has 0 bridgehead atoms. The van der Waals surface area contributed by atoms with Crippen LogP contribution in [-0.4, -0.2) is 28.8 Å². The Balaban J connectivity index is 2.67. The first-order valence-electron chi connectivity index (χ1n) is 4.39. The first-order valence-corrected chi connectivity index (χ1v) is 4.77. The highest BCUT2D eigenvalue weighted by molar-refractivity contribution is 6.33. The minimum atomic E-state index is -4.33. The maximum atomic E-state index is 11.8. The quantitative estimate of drug-likeness (QED) is 0.913. The lowest BCUT2D eigenvalue weighted by atomic mass is 10.3. The molecule has 1 aromatic rings. The molecule has 8 heteroatoms. The molecule has 94 valence electrons. The minimum Gasteiger partial charge on any atom is -0.477 e. The number of carboxylic acid groups (broad SMARTS) is 1. The third-order valence-electron chi connectivity index (χ3n) is 1.66. The van der Waals surface area contributed by atoms with E-state index in [2.05, 4.69) is 9.72 Å². The largest absolute Gasteiger partial charge is 0.477 e. The van der Waals surface area contributed by atoms with Crippen molar-refractivity contribution in [3.05, 3.63) is 22.8 Å². The van der Waals surface area contributed by atoms with Crippen molar-refractivity contribution in [2.75, 3.05) is 6.61 Å². The van der Waals surface area contributed by atoms with E-state index < -0.39 is 30.9 Å². The van der Waals surface area contributed by atoms with Gasteiger partial charge in [-0.05, 0) is 6.07 Å². The molecule has 0 aliphatic heterocycles. The Labute approximate surface area is 99.0 Å². The number of hydrogen-bond donors (Lipinski definition) is 1. The van der Waals surface area contributed by atoms with E-state index >= 15 is 0 Å². The summed E-state index contributed by atoms with van der Waals surface area (Å²) < 4.78 is 40.1. The zero-order valence-electron chi connectivity index (χ0n) is 8.29. The van der Waals surface area contributed by atoms with Gasteiger partial charge in [0.25, 0.3) is 0 Å². The Hall–Kier alpha value is -1.50. The van der Waals surface area contributed by atoms with Gasteiger partial charge >= 0.3 is 12.1 Å². The van der Waals surface area contributed by atoms with Crippen molar-refractivity contribution in [2.45, 2.75) is 12.6 Å². The van der Waals surface area contributed by atoms with Crippen molar-refractivity contribution in [2.24, 2.45) is 0 Å². The van der Waals surface area contributed by atoms with Crippen molar-refractivity contribution in [1.82, 2.24) is 4.98 Å². The van der Waals surface area contributed by atoms with Crippen LogP contribution in [-0.2, 0) is 0 Å². The van der Waals surface area contributed by atoms with E-state index in [1.807, 2.05) is 0 Å². The standard InChI is InChI=1S/C9H7ClF3NO3/c10-5-1-2-6(14-7(5)8(15)16)17-4-3-9(11,12)13/h1-2H,3-4H2,(H,15,16). The molecule has 0 saturated heterocycles. The molecular formula is C9H7ClF3NO3. The third-order valence-corrected chi connectivity index (χ3v) is 1.96. The molecule has 0 amide bonds. The van der Waals surface area contributed by atoms with E-state index in [4.69, 9.17) is 16.7 Å². The van der Waals surface area contributed by atoms with Crippen molar-refractivity contribution in [3.63, 3.8) is 0 Å². The molecule has 0 aromatic carbocycles. The average Bonchev–Trinajstić information content (AvgIpc) is 2.18. The van der Waals surface area contributed by atoms with Crippen molar-refractivity contribution >= 4 is 17.6 Å². The Morgan fingerprint density at radius 1 is 1.47 bits per heavy atom. The van der Waals surface area contributed by atoms with Gasteiger partial charge < -0.3 is 9.84 Å². The second-order valence-corrected chi connectivity index (χ2v) is 3.41. The van der Waals surface area contributed by atoms with Gasteiger partial charge in [-0.2, -0.15) is 13.2 Å². The lowest BCUT2D eigenvalue weighted by Crippen LogP contribution is -2.14. The molecule has 1 rings (SSSR count). The number of ether oxygens (including phenoxy) is 1. The number of carboxylic acids is 1. The molecule has 0 saturated carbocycles. The van der Waals surface area contributed by atoms with Crippen LogP contribution in [0.4, 0.5) is 13.2 Å². The summed E-state index contributed by atoms with van der Waals surface area (Å²) in [5.41, 5.74) is -0.462. The van der Waals surface area contributed by atoms with Gasteiger partial charge in [-0.3, -0.25) is 0 Å². The highest BCUT2D eigenvalue weighted by Gasteiger charge is 2.27. The maximum absolute atomic E-state index is 11.8. The zero-order chi connectivity index (χ0) is 13.1. The molecule has 0 aliphatic carbocycles. The summed E-state index contributed by atoms with van der Waals surface area (Å²) in [6.07, 6.45) is -5.47. The number of alkyl halides is 3. The van der Waals surface area contributed by atoms with Crippen LogP contribution in [0.1, 0.15) is 16.9 Å². The summed E-state index contributed by atoms with van der Waals surface area (Å²) >= 11 is 5.52. The molecule has 4 nitrogen and oxygen atoms in total. The third kappa shape index (κ3) is 4.48. The van der Waals surface area contributed by atoms with Crippen LogP contribution >= 0.6 is 11.6 Å². The van der Waals surface area contributed by atoms with E-state index in [1.165, 1.54) is 12.1 Å². The predicted octanol–water partition coefficient (Wildman–Crippen LogP) is 2.76. The van der Waals surface area contributed by atoms with Gasteiger partial charge in [0.05, 0.1) is 18.1 Å². The van der Waals surface area contributed by atoms with Gasteiger partial charge in [0.15, 0.2) is 5.69 Å². The number of rotatable bonds is 4. The molecule has 1 N–H and O–H groups in total. The maximum Gasteiger partial charge on any atom is 0.392 e.